The summed E-state index contributed by atoms with van der Waals surface area (Å²) in [6.45, 7) is 5.17. The van der Waals surface area contributed by atoms with Gasteiger partial charge in [-0.15, -0.1) is 4.91 Å². The number of ether oxygens (including phenoxy) is 3. The summed E-state index contributed by atoms with van der Waals surface area (Å²) in [6.07, 6.45) is -0.431. The highest BCUT2D eigenvalue weighted by Crippen LogP contribution is 2.33. The van der Waals surface area contributed by atoms with Crippen LogP contribution in [-0.4, -0.2) is 43.2 Å². The third-order valence-electron chi connectivity index (χ3n) is 6.37. The first-order valence-corrected chi connectivity index (χ1v) is 16.8. The van der Waals surface area contributed by atoms with Crippen LogP contribution in [-0.2, 0) is 0 Å². The molecule has 0 amide bonds. The predicted molar refractivity (Wildman–Crippen MR) is 246 cm³/mol. The van der Waals surface area contributed by atoms with Crippen molar-refractivity contribution in [3.63, 3.8) is 0 Å². The molecule has 1 unspecified atom stereocenters. The van der Waals surface area contributed by atoms with E-state index in [-0.39, 0.29) is 14.3 Å². The van der Waals surface area contributed by atoms with Crippen LogP contribution in [0.2, 0.25) is 0 Å². The maximum Gasteiger partial charge on any atom is 0.198 e. The van der Waals surface area contributed by atoms with Gasteiger partial charge in [0.15, 0.2) is 17.8 Å². The average molecular weight is 767 g/mol. The minimum absolute atomic E-state index is 0. The van der Waals surface area contributed by atoms with Gasteiger partial charge in [0.05, 0.1) is 12.6 Å². The highest BCUT2D eigenvalue weighted by Gasteiger charge is 2.13. The van der Waals surface area contributed by atoms with Crippen molar-refractivity contribution in [1.29, 1.82) is 0 Å². The molecule has 9 nitrogen and oxygen atoms in total. The summed E-state index contributed by atoms with van der Waals surface area (Å²) >= 11 is 0. The van der Waals surface area contributed by atoms with Gasteiger partial charge in [-0.3, -0.25) is 5.84 Å². The first-order valence-electron chi connectivity index (χ1n) is 16.8. The minimum Gasteiger partial charge on any atom is -0.493 e. The van der Waals surface area contributed by atoms with Crippen LogP contribution in [0.25, 0.3) is 21.8 Å². The highest BCUT2D eigenvalue weighted by molar-refractivity contribution is 6.10. The molecule has 0 fully saturated rings. The van der Waals surface area contributed by atoms with Gasteiger partial charge < -0.3 is 29.6 Å². The Balaban J connectivity index is -0.000000121. The largest absolute Gasteiger partial charge is 0.493 e. The molecule has 0 aliphatic carbocycles. The number of aliphatic hydroxyl groups is 1. The summed E-state index contributed by atoms with van der Waals surface area (Å²) < 4.78 is 16.8. The summed E-state index contributed by atoms with van der Waals surface area (Å²) in [6, 6.07) is 21.5. The van der Waals surface area contributed by atoms with Crippen LogP contribution in [0.5, 0.6) is 17.2 Å². The standard InChI is InChI=1S/C24H26N2O4.C24H6.H2N2O.10H2/c1-28-20-10-4-5-11-21(20)29-16-15-25-14-13-23(27)30-22-12-6-9-19-24(22)17-7-2-3-8-18(17)26-19;1-3-5-7-9-11-13-15-17-19-21-23-24-22-20-18-16-14-12-10-8-6-4-2;1-2-3;;;;;;;;;;/h2-12,23,25-27H,13-16H2,1H3;1-2H3;(H2,1,3);10*1H. The molecule has 3 aromatic carbocycles. The Bertz CT molecular complexity index is 2650. The number of nitrogens with one attached hydrogen (secondary N) is 2. The molecule has 0 bridgehead atoms. The second kappa shape index (κ2) is 29.9. The fourth-order valence-electron chi connectivity index (χ4n) is 4.18. The van der Waals surface area contributed by atoms with E-state index in [2.05, 4.69) is 152 Å². The van der Waals surface area contributed by atoms with Gasteiger partial charge in [0.25, 0.3) is 0 Å². The lowest BCUT2D eigenvalue weighted by Gasteiger charge is -2.15. The molecule has 0 spiro atoms. The number of hydrogen-bond acceptors (Lipinski definition) is 7. The van der Waals surface area contributed by atoms with E-state index < -0.39 is 6.29 Å². The molecule has 5 N–H and O–H groups in total. The maximum atomic E-state index is 10.4. The quantitative estimate of drug-likeness (QED) is 0.0335. The SMILES string of the molecule is CC#CC#CC#CC#CC#CC#CC#CC#CC#CC#CC#CC.COc1ccccc1OCCNCCC(O)Oc1cccc2[nH]c3ccccc3c12.NN=O.[HH].[HH].[HH].[HH].[HH].[HH].[HH].[HH].[HH].[HH]. The lowest BCUT2D eigenvalue weighted by molar-refractivity contribution is -0.0213. The zero-order chi connectivity index (χ0) is 41.0. The first kappa shape index (κ1) is 44.5. The van der Waals surface area contributed by atoms with Gasteiger partial charge in [-0.2, -0.15) is 0 Å². The summed E-state index contributed by atoms with van der Waals surface area (Å²) in [5.41, 5.74) is 2.04. The molecule has 9 heteroatoms. The van der Waals surface area contributed by atoms with Crippen LogP contribution in [0.3, 0.4) is 0 Å². The Hall–Kier alpha value is -8.66. The molecule has 0 aliphatic heterocycles. The van der Waals surface area contributed by atoms with Gasteiger partial charge in [0, 0.05) is 79.0 Å². The van der Waals surface area contributed by atoms with Crippen molar-refractivity contribution in [3.05, 3.63) is 71.6 Å². The van der Waals surface area contributed by atoms with E-state index in [0.29, 0.717) is 37.6 Å². The molecule has 1 heterocycles. The predicted octanol–water partition coefficient (Wildman–Crippen LogP) is 7.24. The smallest absolute Gasteiger partial charge is 0.198 e. The number of methoxy groups -OCH3 is 1. The molecule has 0 saturated carbocycles. The number of para-hydroxylation sites is 3. The van der Waals surface area contributed by atoms with Crippen molar-refractivity contribution in [2.45, 2.75) is 26.6 Å². The van der Waals surface area contributed by atoms with Crippen LogP contribution in [0, 0.1) is 135 Å². The molecule has 57 heavy (non-hydrogen) atoms. The number of aromatic nitrogens is 1. The summed E-state index contributed by atoms with van der Waals surface area (Å²) in [5, 5.41) is 17.4. The van der Waals surface area contributed by atoms with Crippen LogP contribution in [0.4, 0.5) is 0 Å². The number of H-pyrrole nitrogens is 1. The van der Waals surface area contributed by atoms with Crippen molar-refractivity contribution in [2.24, 2.45) is 11.1 Å². The Morgan fingerprint density at radius 1 is 0.649 bits per heavy atom. The molecule has 1 atom stereocenters. The van der Waals surface area contributed by atoms with E-state index in [1.165, 1.54) is 0 Å². The van der Waals surface area contributed by atoms with Gasteiger partial charge >= 0.3 is 0 Å². The lowest BCUT2D eigenvalue weighted by Crippen LogP contribution is -2.27. The summed E-state index contributed by atoms with van der Waals surface area (Å²) in [4.78, 5) is 11.7. The second-order valence-corrected chi connectivity index (χ2v) is 10.1. The Morgan fingerprint density at radius 2 is 1.09 bits per heavy atom. The first-order chi connectivity index (χ1) is 28.1. The van der Waals surface area contributed by atoms with Crippen molar-refractivity contribution < 1.29 is 33.6 Å². The number of hydrogen-bond donors (Lipinski definition) is 4. The number of nitroso groups, excluding NO2 is 1. The fraction of sp³-hybridized carbons (Fsp3) is 0.167. The van der Waals surface area contributed by atoms with Crippen LogP contribution in [0.15, 0.2) is 72.0 Å². The fourth-order valence-corrected chi connectivity index (χ4v) is 4.18. The molecule has 0 aliphatic rings. The Kier molecular flexibility index (Phi) is 23.3. The molecular weight excluding hydrogens is 713 g/mol. The van der Waals surface area contributed by atoms with Crippen molar-refractivity contribution in [1.82, 2.24) is 10.3 Å². The van der Waals surface area contributed by atoms with Gasteiger partial charge in [-0.05, 0) is 139 Å². The van der Waals surface area contributed by atoms with Gasteiger partial charge in [0.2, 0.25) is 0 Å². The average Bonchev–Trinajstić information content (AvgIpc) is 3.62. The number of benzene rings is 3. The third kappa shape index (κ3) is 19.1. The van der Waals surface area contributed by atoms with Crippen LogP contribution >= 0.6 is 0 Å². The zero-order valence-electron chi connectivity index (χ0n) is 31.4. The van der Waals surface area contributed by atoms with E-state index in [9.17, 15) is 5.11 Å². The molecule has 296 valence electrons. The number of aliphatic hydroxyl groups excluding tert-OH is 1. The van der Waals surface area contributed by atoms with E-state index >= 15 is 0 Å². The number of nitrogens with two attached hydrogens (primary N) is 1. The molecular formula is C48H54N4O5. The molecule has 0 radical (unpaired) electrons. The monoisotopic (exact) mass is 766 g/mol. The third-order valence-corrected chi connectivity index (χ3v) is 6.37. The number of aromatic amines is 1. The number of fused-ring (bicyclic) bond motifs is 3. The minimum atomic E-state index is -0.896. The van der Waals surface area contributed by atoms with E-state index in [0.717, 1.165) is 27.6 Å². The summed E-state index contributed by atoms with van der Waals surface area (Å²) in [7, 11) is 1.62. The lowest BCUT2D eigenvalue weighted by atomic mass is 10.1. The topological polar surface area (TPSA) is 131 Å². The molecule has 4 aromatic rings. The van der Waals surface area contributed by atoms with Gasteiger partial charge in [-0.1, -0.05) is 48.2 Å². The van der Waals surface area contributed by atoms with E-state index in [1.54, 1.807) is 26.2 Å². The second-order valence-electron chi connectivity index (χ2n) is 10.1. The van der Waals surface area contributed by atoms with E-state index in [4.69, 9.17) is 19.1 Å². The van der Waals surface area contributed by atoms with Gasteiger partial charge in [0.1, 0.15) is 12.4 Å². The van der Waals surface area contributed by atoms with Crippen LogP contribution < -0.4 is 25.4 Å². The number of nitrogens with zero attached hydrogens (tertiary/aromatic N) is 1. The van der Waals surface area contributed by atoms with Crippen molar-refractivity contribution in [3.8, 4) is 147 Å². The Morgan fingerprint density at radius 3 is 1.60 bits per heavy atom. The van der Waals surface area contributed by atoms with Gasteiger partial charge in [-0.25, -0.2) is 0 Å². The number of rotatable bonds is 10. The normalized spacial score (nSPS) is 8.28. The van der Waals surface area contributed by atoms with Crippen molar-refractivity contribution in [2.75, 3.05) is 26.8 Å². The van der Waals surface area contributed by atoms with Crippen LogP contribution in [0.1, 0.15) is 34.5 Å². The highest BCUT2D eigenvalue weighted by atomic mass is 16.6. The van der Waals surface area contributed by atoms with E-state index in [1.807, 2.05) is 60.7 Å². The molecule has 1 aromatic heterocycles. The Labute approximate surface area is 349 Å². The summed E-state index contributed by atoms with van der Waals surface area (Å²) in [5.74, 6) is 61.6. The van der Waals surface area contributed by atoms with Crippen molar-refractivity contribution >= 4 is 21.8 Å². The maximum absolute atomic E-state index is 10.4. The zero-order valence-corrected chi connectivity index (χ0v) is 31.4. The molecule has 0 saturated heterocycles. The molecule has 4 rings (SSSR count).